The molecule has 0 saturated carbocycles. The van der Waals surface area contributed by atoms with Crippen LogP contribution in [0, 0.1) is 5.92 Å². The molecule has 3 heterocycles. The highest BCUT2D eigenvalue weighted by atomic mass is 79.9. The Morgan fingerprint density at radius 3 is 2.56 bits per heavy atom. The molecule has 1 amide bonds. The number of nitrogens with two attached hydrogens (primary N) is 1. The van der Waals surface area contributed by atoms with Gasteiger partial charge < -0.3 is 20.4 Å². The maximum Gasteiger partial charge on any atom is 0.222 e. The molecular weight excluding hydrogens is 580 g/mol. The molecule has 1 aromatic heterocycles. The molecule has 0 radical (unpaired) electrons. The van der Waals surface area contributed by atoms with Gasteiger partial charge in [-0.25, -0.2) is 0 Å². The van der Waals surface area contributed by atoms with E-state index >= 15 is 0 Å². The van der Waals surface area contributed by atoms with Gasteiger partial charge in [0.05, 0.1) is 11.7 Å². The summed E-state index contributed by atoms with van der Waals surface area (Å²) < 4.78 is 1.00. The first-order chi connectivity index (χ1) is 18.8. The maximum absolute atomic E-state index is 13.3. The van der Waals surface area contributed by atoms with Crippen molar-refractivity contribution in [3.05, 3.63) is 74.8 Å². The molecule has 2 aliphatic heterocycles. The minimum atomic E-state index is 0.0622. The van der Waals surface area contributed by atoms with Crippen LogP contribution in [0.3, 0.4) is 0 Å². The van der Waals surface area contributed by atoms with Gasteiger partial charge in [-0.2, -0.15) is 0 Å². The Morgan fingerprint density at radius 2 is 1.85 bits per heavy atom. The number of nitrogens with zero attached hydrogens (tertiary/aromatic N) is 5. The van der Waals surface area contributed by atoms with Crippen molar-refractivity contribution >= 4 is 39.3 Å². The summed E-state index contributed by atoms with van der Waals surface area (Å²) in [6, 6.07) is 8.50. The fourth-order valence-corrected chi connectivity index (χ4v) is 6.53. The van der Waals surface area contributed by atoms with Crippen LogP contribution in [0.15, 0.2) is 52.6 Å². The lowest BCUT2D eigenvalue weighted by Gasteiger charge is -2.40. The number of piperazine rings is 1. The van der Waals surface area contributed by atoms with Crippen LogP contribution in [-0.2, 0) is 22.5 Å². The molecule has 2 N–H and O–H groups in total. The zero-order chi connectivity index (χ0) is 27.5. The number of benzene rings is 1. The van der Waals surface area contributed by atoms with E-state index in [4.69, 9.17) is 27.2 Å². The van der Waals surface area contributed by atoms with Crippen molar-refractivity contribution in [2.24, 2.45) is 16.8 Å². The van der Waals surface area contributed by atoms with E-state index in [2.05, 4.69) is 55.7 Å². The monoisotopic (exact) mass is 614 g/mol. The number of carbonyl (C=O) groups is 1. The fraction of sp³-hybridized carbons (Fsp3) is 0.483. The molecule has 2 saturated heterocycles. The number of amidine groups is 1. The molecule has 3 aliphatic rings. The Kier molecular flexibility index (Phi) is 8.79. The minimum absolute atomic E-state index is 0.0622. The second kappa shape index (κ2) is 12.3. The van der Waals surface area contributed by atoms with Crippen molar-refractivity contribution in [1.82, 2.24) is 19.7 Å². The van der Waals surface area contributed by atoms with Crippen molar-refractivity contribution < 1.29 is 9.63 Å². The van der Waals surface area contributed by atoms with Gasteiger partial charge in [-0.15, -0.1) is 0 Å². The van der Waals surface area contributed by atoms with E-state index in [1.165, 1.54) is 16.7 Å². The molecule has 8 nitrogen and oxygen atoms in total. The normalized spacial score (nSPS) is 20.7. The number of amides is 1. The van der Waals surface area contributed by atoms with Crippen LogP contribution in [0.5, 0.6) is 0 Å². The summed E-state index contributed by atoms with van der Waals surface area (Å²) in [5.74, 6) is 1.48. The summed E-state index contributed by atoms with van der Waals surface area (Å²) >= 11 is 9.98. The molecule has 10 heteroatoms. The van der Waals surface area contributed by atoms with Crippen molar-refractivity contribution in [3.63, 3.8) is 0 Å². The fourth-order valence-electron chi connectivity index (χ4n) is 5.96. The number of halogens is 2. The highest BCUT2D eigenvalue weighted by Crippen LogP contribution is 2.38. The van der Waals surface area contributed by atoms with Gasteiger partial charge in [0.2, 0.25) is 11.8 Å². The zero-order valence-corrected chi connectivity index (χ0v) is 24.8. The predicted molar refractivity (Wildman–Crippen MR) is 157 cm³/mol. The molecule has 5 rings (SSSR count). The number of oxime groups is 1. The van der Waals surface area contributed by atoms with E-state index in [1.807, 2.05) is 17.2 Å². The van der Waals surface area contributed by atoms with Crippen LogP contribution in [-0.4, -0.2) is 70.7 Å². The lowest BCUT2D eigenvalue weighted by molar-refractivity contribution is -0.134. The number of aromatic nitrogens is 1. The lowest BCUT2D eigenvalue weighted by Crippen LogP contribution is -2.50. The van der Waals surface area contributed by atoms with Crippen molar-refractivity contribution in [3.8, 4) is 0 Å². The van der Waals surface area contributed by atoms with Gasteiger partial charge in [-0.05, 0) is 95.9 Å². The molecule has 2 fully saturated rings. The third-order valence-corrected chi connectivity index (χ3v) is 8.72. The number of hydrogen-bond donors (Lipinski definition) is 1. The predicted octanol–water partition coefficient (Wildman–Crippen LogP) is 4.71. The van der Waals surface area contributed by atoms with Crippen LogP contribution in [0.4, 0.5) is 0 Å². The van der Waals surface area contributed by atoms with Crippen LogP contribution < -0.4 is 5.73 Å². The van der Waals surface area contributed by atoms with Crippen LogP contribution in [0.1, 0.15) is 54.6 Å². The maximum atomic E-state index is 13.3. The van der Waals surface area contributed by atoms with E-state index in [0.717, 1.165) is 80.1 Å². The summed E-state index contributed by atoms with van der Waals surface area (Å²) in [5.41, 5.74) is 10.5. The SMILES string of the molecule is C=C(O/N=C(\C)N)N1CCC(CC(=O)N2CCN(C3c4ccc(Cl)cc4CCc4cc(Br)cnc43)CC2)CC1. The molecule has 0 spiro atoms. The molecule has 1 aromatic carbocycles. The third kappa shape index (κ3) is 6.58. The third-order valence-electron chi connectivity index (χ3n) is 8.05. The molecular formula is C29H36BrClN6O2. The summed E-state index contributed by atoms with van der Waals surface area (Å²) in [7, 11) is 0. The lowest BCUT2D eigenvalue weighted by atomic mass is 9.92. The van der Waals surface area contributed by atoms with Gasteiger partial charge in [0.25, 0.3) is 0 Å². The Labute approximate surface area is 243 Å². The van der Waals surface area contributed by atoms with Gasteiger partial charge >= 0.3 is 0 Å². The molecule has 1 aliphatic carbocycles. The van der Waals surface area contributed by atoms with Gasteiger partial charge in [-0.3, -0.25) is 14.7 Å². The number of rotatable bonds is 6. The topological polar surface area (TPSA) is 87.3 Å². The largest absolute Gasteiger partial charge is 0.385 e. The van der Waals surface area contributed by atoms with E-state index in [1.54, 1.807) is 6.92 Å². The van der Waals surface area contributed by atoms with E-state index in [-0.39, 0.29) is 11.9 Å². The van der Waals surface area contributed by atoms with Gasteiger partial charge in [0.15, 0.2) is 0 Å². The average molecular weight is 616 g/mol. The first-order valence-electron chi connectivity index (χ1n) is 13.6. The molecule has 0 bridgehead atoms. The standard InChI is InChI=1S/C29H36BrClN6O2/c1-19(32)34-39-20(2)35-9-7-21(8-10-35)15-27(38)36-11-13-37(14-12-36)29-26-6-5-25(31)17-22(26)3-4-23-16-24(30)18-33-28(23)29/h5-6,16-18,21,29H,2-4,7-15H2,1H3,(H2,32,34). The molecule has 1 atom stereocenters. The van der Waals surface area contributed by atoms with E-state index < -0.39 is 0 Å². The Morgan fingerprint density at radius 1 is 1.13 bits per heavy atom. The number of carbonyl (C=O) groups excluding carboxylic acids is 1. The number of pyridine rings is 1. The van der Waals surface area contributed by atoms with Crippen molar-refractivity contribution in [2.45, 2.75) is 45.1 Å². The highest BCUT2D eigenvalue weighted by molar-refractivity contribution is 9.10. The summed E-state index contributed by atoms with van der Waals surface area (Å²) in [6.07, 6.45) is 6.21. The second-order valence-electron chi connectivity index (χ2n) is 10.7. The Hall–Kier alpha value is -2.62. The highest BCUT2D eigenvalue weighted by Gasteiger charge is 2.34. The molecule has 2 aromatic rings. The van der Waals surface area contributed by atoms with Gasteiger partial charge in [0, 0.05) is 61.4 Å². The summed E-state index contributed by atoms with van der Waals surface area (Å²) in [4.78, 5) is 30.0. The summed E-state index contributed by atoms with van der Waals surface area (Å²) in [6.45, 7) is 10.3. The molecule has 39 heavy (non-hydrogen) atoms. The number of fused-ring (bicyclic) bond motifs is 2. The van der Waals surface area contributed by atoms with Crippen LogP contribution in [0.2, 0.25) is 5.02 Å². The number of aryl methyl sites for hydroxylation is 2. The zero-order valence-electron chi connectivity index (χ0n) is 22.4. The number of likely N-dealkylation sites (tertiary alicyclic amines) is 1. The minimum Gasteiger partial charge on any atom is -0.385 e. The first kappa shape index (κ1) is 27.9. The average Bonchev–Trinajstić information content (AvgIpc) is 3.08. The Balaban J connectivity index is 1.20. The first-order valence-corrected chi connectivity index (χ1v) is 14.8. The van der Waals surface area contributed by atoms with E-state index in [0.29, 0.717) is 24.1 Å². The number of piperidine rings is 1. The number of hydrogen-bond acceptors (Lipinski definition) is 6. The molecule has 1 unspecified atom stereocenters. The Bertz CT molecular complexity index is 1200. The van der Waals surface area contributed by atoms with Crippen LogP contribution >= 0.6 is 27.5 Å². The summed E-state index contributed by atoms with van der Waals surface area (Å²) in [5, 5.41) is 4.55. The van der Waals surface area contributed by atoms with Crippen molar-refractivity contribution in [2.75, 3.05) is 39.3 Å². The van der Waals surface area contributed by atoms with Gasteiger partial charge in [0.1, 0.15) is 5.84 Å². The van der Waals surface area contributed by atoms with Crippen LogP contribution in [0.25, 0.3) is 0 Å². The van der Waals surface area contributed by atoms with E-state index in [9.17, 15) is 4.79 Å². The quantitative estimate of drug-likeness (QED) is 0.219. The van der Waals surface area contributed by atoms with Crippen molar-refractivity contribution in [1.29, 1.82) is 0 Å². The smallest absolute Gasteiger partial charge is 0.222 e. The van der Waals surface area contributed by atoms with Gasteiger partial charge in [-0.1, -0.05) is 22.8 Å². The second-order valence-corrected chi connectivity index (χ2v) is 12.1. The molecule has 208 valence electrons.